The molecule has 4 heteroatoms. The SMILES string of the molecule is [N-]=[N+]=NC1C[C@@H]2CN(CC3CC3)C[C@H]2C1. The summed E-state index contributed by atoms with van der Waals surface area (Å²) in [5.41, 5.74) is 8.42. The lowest BCUT2D eigenvalue weighted by Gasteiger charge is -2.16. The first kappa shape index (κ1) is 9.49. The van der Waals surface area contributed by atoms with Gasteiger partial charge < -0.3 is 4.90 Å². The lowest BCUT2D eigenvalue weighted by atomic mass is 10.0. The third-order valence-electron chi connectivity index (χ3n) is 4.23. The summed E-state index contributed by atoms with van der Waals surface area (Å²) in [7, 11) is 0. The fourth-order valence-corrected chi connectivity index (χ4v) is 3.35. The van der Waals surface area contributed by atoms with E-state index in [0.717, 1.165) is 30.6 Å². The number of hydrogen-bond donors (Lipinski definition) is 0. The van der Waals surface area contributed by atoms with Gasteiger partial charge in [0.1, 0.15) is 0 Å². The molecule has 4 nitrogen and oxygen atoms in total. The minimum Gasteiger partial charge on any atom is -0.302 e. The smallest absolute Gasteiger partial charge is 0.0380 e. The molecular formula is C11H18N4. The number of nitrogens with zero attached hydrogens (tertiary/aromatic N) is 4. The van der Waals surface area contributed by atoms with Gasteiger partial charge in [0.15, 0.2) is 0 Å². The molecule has 0 amide bonds. The van der Waals surface area contributed by atoms with Crippen molar-refractivity contribution in [1.82, 2.24) is 4.90 Å². The molecule has 2 saturated carbocycles. The van der Waals surface area contributed by atoms with Crippen LogP contribution in [0.5, 0.6) is 0 Å². The van der Waals surface area contributed by atoms with E-state index < -0.39 is 0 Å². The molecule has 0 spiro atoms. The summed E-state index contributed by atoms with van der Waals surface area (Å²) in [6.07, 6.45) is 5.17. The fourth-order valence-electron chi connectivity index (χ4n) is 3.35. The first-order chi connectivity index (χ1) is 7.35. The maximum absolute atomic E-state index is 8.42. The van der Waals surface area contributed by atoms with Gasteiger partial charge in [-0.25, -0.2) is 0 Å². The van der Waals surface area contributed by atoms with Crippen LogP contribution >= 0.6 is 0 Å². The zero-order valence-electron chi connectivity index (χ0n) is 9.05. The van der Waals surface area contributed by atoms with Crippen LogP contribution in [0.25, 0.3) is 10.4 Å². The zero-order valence-corrected chi connectivity index (χ0v) is 9.05. The monoisotopic (exact) mass is 206 g/mol. The van der Waals surface area contributed by atoms with E-state index in [1.807, 2.05) is 0 Å². The van der Waals surface area contributed by atoms with Gasteiger partial charge in [0.05, 0.1) is 0 Å². The Morgan fingerprint density at radius 2 is 1.87 bits per heavy atom. The molecule has 3 aliphatic rings. The highest BCUT2D eigenvalue weighted by atomic mass is 15.2. The second kappa shape index (κ2) is 3.69. The summed E-state index contributed by atoms with van der Waals surface area (Å²) >= 11 is 0. The van der Waals surface area contributed by atoms with Gasteiger partial charge >= 0.3 is 0 Å². The predicted octanol–water partition coefficient (Wildman–Crippen LogP) is 2.42. The van der Waals surface area contributed by atoms with Crippen LogP contribution in [0.2, 0.25) is 0 Å². The fraction of sp³-hybridized carbons (Fsp3) is 1.00. The summed E-state index contributed by atoms with van der Waals surface area (Å²) in [5.74, 6) is 2.65. The standard InChI is InChI=1S/C11H18N4/c12-14-13-11-3-9-6-15(5-8-1-2-8)7-10(9)4-11/h8-11H,1-7H2/t9-,10-/m1/s1. The topological polar surface area (TPSA) is 52.0 Å². The third-order valence-corrected chi connectivity index (χ3v) is 4.23. The van der Waals surface area contributed by atoms with Crippen LogP contribution in [0.15, 0.2) is 5.11 Å². The van der Waals surface area contributed by atoms with Gasteiger partial charge in [0.25, 0.3) is 0 Å². The highest BCUT2D eigenvalue weighted by molar-refractivity contribution is 4.96. The Hall–Kier alpha value is -0.730. The van der Waals surface area contributed by atoms with Crippen molar-refractivity contribution in [2.75, 3.05) is 19.6 Å². The second-order valence-corrected chi connectivity index (χ2v) is 5.51. The average Bonchev–Trinajstić information content (AvgIpc) is 2.79. The van der Waals surface area contributed by atoms with Crippen molar-refractivity contribution in [3.63, 3.8) is 0 Å². The molecule has 1 heterocycles. The molecule has 15 heavy (non-hydrogen) atoms. The summed E-state index contributed by atoms with van der Waals surface area (Å²) in [4.78, 5) is 5.57. The number of hydrogen-bond acceptors (Lipinski definition) is 2. The van der Waals surface area contributed by atoms with Crippen LogP contribution in [0, 0.1) is 17.8 Å². The largest absolute Gasteiger partial charge is 0.302 e. The van der Waals surface area contributed by atoms with Gasteiger partial charge in [-0.15, -0.1) is 0 Å². The van der Waals surface area contributed by atoms with E-state index in [1.54, 1.807) is 0 Å². The molecule has 2 atom stereocenters. The van der Waals surface area contributed by atoms with Crippen molar-refractivity contribution in [3.05, 3.63) is 10.4 Å². The van der Waals surface area contributed by atoms with Gasteiger partial charge in [-0.1, -0.05) is 5.11 Å². The van der Waals surface area contributed by atoms with Gasteiger partial charge in [-0.3, -0.25) is 0 Å². The van der Waals surface area contributed by atoms with Crippen molar-refractivity contribution < 1.29 is 0 Å². The molecule has 0 aromatic heterocycles. The van der Waals surface area contributed by atoms with Crippen molar-refractivity contribution in [1.29, 1.82) is 0 Å². The first-order valence-electron chi connectivity index (χ1n) is 6.11. The third kappa shape index (κ3) is 1.97. The molecule has 0 N–H and O–H groups in total. The Balaban J connectivity index is 1.53. The van der Waals surface area contributed by atoms with E-state index in [0.29, 0.717) is 6.04 Å². The first-order valence-corrected chi connectivity index (χ1v) is 6.11. The van der Waals surface area contributed by atoms with Crippen molar-refractivity contribution >= 4 is 0 Å². The maximum atomic E-state index is 8.42. The molecule has 1 aliphatic heterocycles. The predicted molar refractivity (Wildman–Crippen MR) is 58.3 cm³/mol. The average molecular weight is 206 g/mol. The van der Waals surface area contributed by atoms with Crippen LogP contribution < -0.4 is 0 Å². The Labute approximate surface area is 90.3 Å². The van der Waals surface area contributed by atoms with Crippen LogP contribution in [-0.2, 0) is 0 Å². The van der Waals surface area contributed by atoms with Crippen molar-refractivity contribution in [2.45, 2.75) is 31.7 Å². The molecule has 0 unspecified atom stereocenters. The molecule has 3 rings (SSSR count). The summed E-state index contributed by atoms with van der Waals surface area (Å²) in [5, 5.41) is 3.87. The van der Waals surface area contributed by atoms with Gasteiger partial charge in [0.2, 0.25) is 0 Å². The molecule has 82 valence electrons. The molecule has 0 aromatic carbocycles. The highest BCUT2D eigenvalue weighted by Gasteiger charge is 2.41. The van der Waals surface area contributed by atoms with Crippen LogP contribution in [-0.4, -0.2) is 30.6 Å². The molecule has 0 radical (unpaired) electrons. The minimum absolute atomic E-state index is 0.299. The molecule has 0 bridgehead atoms. The van der Waals surface area contributed by atoms with Crippen LogP contribution in [0.3, 0.4) is 0 Å². The Bertz CT molecular complexity index is 279. The molecular weight excluding hydrogens is 188 g/mol. The number of azide groups is 1. The van der Waals surface area contributed by atoms with E-state index in [1.165, 1.54) is 32.5 Å². The van der Waals surface area contributed by atoms with Gasteiger partial charge in [-0.2, -0.15) is 0 Å². The van der Waals surface area contributed by atoms with Gasteiger partial charge in [-0.05, 0) is 49.0 Å². The molecule has 1 saturated heterocycles. The second-order valence-electron chi connectivity index (χ2n) is 5.51. The Kier molecular flexibility index (Phi) is 2.33. The van der Waals surface area contributed by atoms with Crippen molar-refractivity contribution in [2.24, 2.45) is 22.9 Å². The molecule has 3 fully saturated rings. The van der Waals surface area contributed by atoms with E-state index >= 15 is 0 Å². The molecule has 0 aromatic rings. The summed E-state index contributed by atoms with van der Waals surface area (Å²) in [6.45, 7) is 3.86. The zero-order chi connectivity index (χ0) is 10.3. The van der Waals surface area contributed by atoms with E-state index in [9.17, 15) is 0 Å². The maximum Gasteiger partial charge on any atom is 0.0380 e. The lowest BCUT2D eigenvalue weighted by molar-refractivity contribution is 0.295. The van der Waals surface area contributed by atoms with Crippen molar-refractivity contribution in [3.8, 4) is 0 Å². The minimum atomic E-state index is 0.299. The van der Waals surface area contributed by atoms with E-state index in [-0.39, 0.29) is 0 Å². The Morgan fingerprint density at radius 3 is 2.40 bits per heavy atom. The molecule has 2 aliphatic carbocycles. The summed E-state index contributed by atoms with van der Waals surface area (Å²) < 4.78 is 0. The summed E-state index contributed by atoms with van der Waals surface area (Å²) in [6, 6.07) is 0.299. The normalized spacial score (nSPS) is 36.5. The van der Waals surface area contributed by atoms with E-state index in [4.69, 9.17) is 5.53 Å². The number of fused-ring (bicyclic) bond motifs is 1. The van der Waals surface area contributed by atoms with Crippen LogP contribution in [0.4, 0.5) is 0 Å². The van der Waals surface area contributed by atoms with Crippen LogP contribution in [0.1, 0.15) is 25.7 Å². The quantitative estimate of drug-likeness (QED) is 0.397. The Morgan fingerprint density at radius 1 is 1.20 bits per heavy atom. The number of rotatable bonds is 3. The highest BCUT2D eigenvalue weighted by Crippen LogP contribution is 2.41. The lowest BCUT2D eigenvalue weighted by Crippen LogP contribution is -2.25. The van der Waals surface area contributed by atoms with E-state index in [2.05, 4.69) is 14.9 Å². The van der Waals surface area contributed by atoms with Gasteiger partial charge in [0, 0.05) is 30.6 Å². The number of likely N-dealkylation sites (tertiary alicyclic amines) is 1.